The van der Waals surface area contributed by atoms with E-state index in [9.17, 15) is 0 Å². The first-order valence-corrected chi connectivity index (χ1v) is 6.94. The van der Waals surface area contributed by atoms with E-state index in [1.54, 1.807) is 12.1 Å². The van der Waals surface area contributed by atoms with Crippen molar-refractivity contribution < 1.29 is 4.90 Å². The monoisotopic (exact) mass is 306 g/mol. The van der Waals surface area contributed by atoms with Crippen LogP contribution in [0.2, 0.25) is 10.0 Å². The molecule has 0 spiro atoms. The van der Waals surface area contributed by atoms with Crippen LogP contribution in [0.1, 0.15) is 6.42 Å². The molecule has 1 aromatic carbocycles. The molecule has 0 aliphatic heterocycles. The van der Waals surface area contributed by atoms with Crippen molar-refractivity contribution in [3.05, 3.63) is 28.2 Å². The van der Waals surface area contributed by atoms with Crippen molar-refractivity contribution in [3.63, 3.8) is 0 Å². The number of hydrogen-bond acceptors (Lipinski definition) is 1. The number of benzene rings is 1. The zero-order chi connectivity index (χ0) is 13.5. The van der Waals surface area contributed by atoms with Crippen LogP contribution in [0.15, 0.2) is 18.2 Å². The molecule has 0 radical (unpaired) electrons. The summed E-state index contributed by atoms with van der Waals surface area (Å²) in [4.78, 5) is 1.43. The standard InChI is InChI=1S/C12H17Cl2N3S/c1-17(2)7-3-6-15-12(18)16-9-4-5-10(13)11(14)8-9/h4-5,8H,3,6-7H2,1-2H3,(H2,15,16,18)/p+1. The lowest BCUT2D eigenvalue weighted by Gasteiger charge is -2.12. The molecule has 0 saturated heterocycles. The van der Waals surface area contributed by atoms with Crippen LogP contribution in [0.25, 0.3) is 0 Å². The van der Waals surface area contributed by atoms with E-state index in [0.717, 1.165) is 25.2 Å². The zero-order valence-electron chi connectivity index (χ0n) is 10.5. The van der Waals surface area contributed by atoms with Crippen molar-refractivity contribution in [1.82, 2.24) is 5.32 Å². The molecule has 0 aliphatic rings. The second kappa shape index (κ2) is 7.79. The molecule has 6 heteroatoms. The van der Waals surface area contributed by atoms with E-state index in [0.29, 0.717) is 15.2 Å². The van der Waals surface area contributed by atoms with Gasteiger partial charge in [-0.05, 0) is 30.4 Å². The van der Waals surface area contributed by atoms with Gasteiger partial charge in [0, 0.05) is 18.7 Å². The van der Waals surface area contributed by atoms with Crippen molar-refractivity contribution in [2.45, 2.75) is 6.42 Å². The summed E-state index contributed by atoms with van der Waals surface area (Å²) < 4.78 is 0. The minimum Gasteiger partial charge on any atom is -0.362 e. The van der Waals surface area contributed by atoms with Crippen LogP contribution in [0.5, 0.6) is 0 Å². The van der Waals surface area contributed by atoms with Crippen LogP contribution in [0.3, 0.4) is 0 Å². The van der Waals surface area contributed by atoms with Crippen molar-refractivity contribution in [2.75, 3.05) is 32.5 Å². The molecule has 0 aliphatic carbocycles. The number of quaternary nitrogens is 1. The Labute approximate surface area is 123 Å². The summed E-state index contributed by atoms with van der Waals surface area (Å²) in [6.45, 7) is 1.97. The molecule has 18 heavy (non-hydrogen) atoms. The summed E-state index contributed by atoms with van der Waals surface area (Å²) in [5.41, 5.74) is 0.833. The zero-order valence-corrected chi connectivity index (χ0v) is 12.8. The first kappa shape index (κ1) is 15.5. The maximum atomic E-state index is 5.92. The normalized spacial score (nSPS) is 10.5. The molecule has 0 atom stereocenters. The van der Waals surface area contributed by atoms with Gasteiger partial charge in [0.15, 0.2) is 5.11 Å². The Morgan fingerprint density at radius 2 is 2.00 bits per heavy atom. The van der Waals surface area contributed by atoms with E-state index in [1.165, 1.54) is 4.90 Å². The van der Waals surface area contributed by atoms with Crippen LogP contribution < -0.4 is 15.5 Å². The van der Waals surface area contributed by atoms with Gasteiger partial charge in [0.05, 0.1) is 30.7 Å². The van der Waals surface area contributed by atoms with Gasteiger partial charge in [-0.3, -0.25) is 0 Å². The van der Waals surface area contributed by atoms with Gasteiger partial charge in [-0.25, -0.2) is 0 Å². The van der Waals surface area contributed by atoms with Crippen LogP contribution in [-0.2, 0) is 0 Å². The lowest BCUT2D eigenvalue weighted by Crippen LogP contribution is -3.05. The summed E-state index contributed by atoms with van der Waals surface area (Å²) in [6.07, 6.45) is 1.07. The molecule has 0 saturated carbocycles. The Balaban J connectivity index is 2.33. The molecular weight excluding hydrogens is 289 g/mol. The molecule has 1 aromatic rings. The quantitative estimate of drug-likeness (QED) is 0.572. The largest absolute Gasteiger partial charge is 0.362 e. The SMILES string of the molecule is C[NH+](C)CCCNC(=S)Nc1ccc(Cl)c(Cl)c1. The maximum absolute atomic E-state index is 5.92. The summed E-state index contributed by atoms with van der Waals surface area (Å²) in [7, 11) is 4.26. The lowest BCUT2D eigenvalue weighted by molar-refractivity contribution is -0.858. The second-order valence-corrected chi connectivity index (χ2v) is 5.54. The van der Waals surface area contributed by atoms with Crippen molar-refractivity contribution in [2.24, 2.45) is 0 Å². The van der Waals surface area contributed by atoms with Crippen LogP contribution in [0, 0.1) is 0 Å². The topological polar surface area (TPSA) is 28.5 Å². The van der Waals surface area contributed by atoms with Crippen molar-refractivity contribution in [3.8, 4) is 0 Å². The molecule has 1 rings (SSSR count). The number of anilines is 1. The highest BCUT2D eigenvalue weighted by molar-refractivity contribution is 7.80. The van der Waals surface area contributed by atoms with Gasteiger partial charge >= 0.3 is 0 Å². The molecule has 0 fully saturated rings. The van der Waals surface area contributed by atoms with E-state index >= 15 is 0 Å². The average Bonchev–Trinajstić information content (AvgIpc) is 2.29. The lowest BCUT2D eigenvalue weighted by atomic mass is 10.3. The number of rotatable bonds is 5. The molecule has 100 valence electrons. The number of thiocarbonyl (C=S) groups is 1. The van der Waals surface area contributed by atoms with Crippen LogP contribution in [-0.4, -0.2) is 32.3 Å². The van der Waals surface area contributed by atoms with E-state index in [4.69, 9.17) is 35.4 Å². The van der Waals surface area contributed by atoms with Gasteiger partial charge in [-0.15, -0.1) is 0 Å². The van der Waals surface area contributed by atoms with E-state index in [2.05, 4.69) is 24.7 Å². The Morgan fingerprint density at radius 1 is 1.28 bits per heavy atom. The second-order valence-electron chi connectivity index (χ2n) is 4.32. The minimum atomic E-state index is 0.515. The average molecular weight is 307 g/mol. The van der Waals surface area contributed by atoms with Gasteiger partial charge < -0.3 is 15.5 Å². The van der Waals surface area contributed by atoms with E-state index in [1.807, 2.05) is 6.07 Å². The Morgan fingerprint density at radius 3 is 2.61 bits per heavy atom. The molecule has 3 nitrogen and oxygen atoms in total. The van der Waals surface area contributed by atoms with Crippen molar-refractivity contribution >= 4 is 46.2 Å². The van der Waals surface area contributed by atoms with Gasteiger partial charge in [0.25, 0.3) is 0 Å². The molecule has 0 aromatic heterocycles. The molecule has 0 amide bonds. The molecule has 0 heterocycles. The summed E-state index contributed by atoms with van der Waals surface area (Å²) in [5.74, 6) is 0. The smallest absolute Gasteiger partial charge is 0.170 e. The predicted octanol–water partition coefficient (Wildman–Crippen LogP) is 1.81. The first-order valence-electron chi connectivity index (χ1n) is 5.78. The Bertz CT molecular complexity index is 410. The Hall–Kier alpha value is -0.550. The third-order valence-corrected chi connectivity index (χ3v) is 3.30. The molecule has 0 unspecified atom stereocenters. The van der Waals surface area contributed by atoms with Gasteiger partial charge in [0.2, 0.25) is 0 Å². The van der Waals surface area contributed by atoms with E-state index < -0.39 is 0 Å². The highest BCUT2D eigenvalue weighted by Gasteiger charge is 2.01. The Kier molecular flexibility index (Phi) is 6.71. The summed E-state index contributed by atoms with van der Waals surface area (Å²) in [6, 6.07) is 5.33. The fourth-order valence-electron chi connectivity index (χ4n) is 1.39. The predicted molar refractivity (Wildman–Crippen MR) is 83.0 cm³/mol. The van der Waals surface area contributed by atoms with Crippen LogP contribution in [0.4, 0.5) is 5.69 Å². The highest BCUT2D eigenvalue weighted by Crippen LogP contribution is 2.24. The number of halogens is 2. The van der Waals surface area contributed by atoms with Gasteiger partial charge in [-0.2, -0.15) is 0 Å². The van der Waals surface area contributed by atoms with E-state index in [-0.39, 0.29) is 0 Å². The summed E-state index contributed by atoms with van der Waals surface area (Å²) >= 11 is 16.9. The van der Waals surface area contributed by atoms with Crippen molar-refractivity contribution in [1.29, 1.82) is 0 Å². The third-order valence-electron chi connectivity index (χ3n) is 2.32. The first-order chi connectivity index (χ1) is 8.49. The third kappa shape index (κ3) is 5.87. The molecular formula is C12H18Cl2N3S+. The number of nitrogens with one attached hydrogen (secondary N) is 3. The minimum absolute atomic E-state index is 0.515. The summed E-state index contributed by atoms with van der Waals surface area (Å²) in [5, 5.41) is 7.87. The fraction of sp³-hybridized carbons (Fsp3) is 0.417. The molecule has 0 bridgehead atoms. The molecule has 3 N–H and O–H groups in total. The van der Waals surface area contributed by atoms with Gasteiger partial charge in [-0.1, -0.05) is 23.2 Å². The highest BCUT2D eigenvalue weighted by atomic mass is 35.5. The van der Waals surface area contributed by atoms with Crippen LogP contribution >= 0.6 is 35.4 Å². The van der Waals surface area contributed by atoms with Gasteiger partial charge in [0.1, 0.15) is 0 Å². The number of hydrogen-bond donors (Lipinski definition) is 3. The maximum Gasteiger partial charge on any atom is 0.170 e. The fourth-order valence-corrected chi connectivity index (χ4v) is 1.91.